The van der Waals surface area contributed by atoms with Crippen molar-refractivity contribution in [3.8, 4) is 5.75 Å². The number of nitrogens with one attached hydrogen (secondary N) is 2. The van der Waals surface area contributed by atoms with Crippen LogP contribution in [-0.4, -0.2) is 73.1 Å². The Labute approximate surface area is 241 Å². The normalized spacial score (nSPS) is 24.3. The molecule has 6 atom stereocenters. The highest BCUT2D eigenvalue weighted by atomic mass is 31.2. The average molecular weight is 609 g/mol. The number of halogens is 1. The number of ether oxygens (including phenoxy) is 2. The topological polar surface area (TPSA) is 176 Å². The largest absolute Gasteiger partial charge is 0.462 e. The molecule has 228 valence electrons. The monoisotopic (exact) mass is 608 g/mol. The number of carbonyl (C=O) groups excluding carboxylic acids is 2. The molecule has 16 heteroatoms. The second-order valence-corrected chi connectivity index (χ2v) is 11.8. The first-order valence-electron chi connectivity index (χ1n) is 13.3. The van der Waals surface area contributed by atoms with Crippen molar-refractivity contribution in [3.05, 3.63) is 43.0 Å². The molecule has 42 heavy (non-hydrogen) atoms. The van der Waals surface area contributed by atoms with Gasteiger partial charge in [0.25, 0.3) is 0 Å². The van der Waals surface area contributed by atoms with Crippen molar-refractivity contribution >= 4 is 36.6 Å². The number of para-hydroxylation sites is 1. The van der Waals surface area contributed by atoms with Crippen LogP contribution in [0.3, 0.4) is 0 Å². The van der Waals surface area contributed by atoms with Crippen LogP contribution in [0, 0.1) is 0 Å². The van der Waals surface area contributed by atoms with Crippen molar-refractivity contribution in [1.82, 2.24) is 24.6 Å². The molecule has 1 aliphatic heterocycles. The quantitative estimate of drug-likeness (QED) is 0.202. The van der Waals surface area contributed by atoms with E-state index in [0.717, 1.165) is 6.92 Å². The zero-order valence-electron chi connectivity index (χ0n) is 23.8. The average Bonchev–Trinajstić information content (AvgIpc) is 3.46. The number of aliphatic hydroxyl groups excluding tert-OH is 1. The second-order valence-electron chi connectivity index (χ2n) is 10.1. The molecule has 0 aliphatic carbocycles. The van der Waals surface area contributed by atoms with Gasteiger partial charge >= 0.3 is 13.7 Å². The fourth-order valence-electron chi connectivity index (χ4n) is 4.19. The summed E-state index contributed by atoms with van der Waals surface area (Å²) in [4.78, 5) is 36.7. The summed E-state index contributed by atoms with van der Waals surface area (Å²) in [5, 5.41) is 16.0. The molecule has 1 saturated heterocycles. The SMILES string of the molecule is CCC(=O)Nc1ncnc2c1ncn2[C@@H]1O[C@H](CO[P@](=O)(N[C@@H](C)C(=O)OC(C)C)Oc2ccccc2)[C@@H](O)[C@@]1(C)F. The molecule has 3 N–H and O–H groups in total. The van der Waals surface area contributed by atoms with Gasteiger partial charge in [-0.05, 0) is 39.8 Å². The molecule has 1 amide bonds. The van der Waals surface area contributed by atoms with Gasteiger partial charge in [-0.1, -0.05) is 25.1 Å². The molecule has 0 radical (unpaired) electrons. The van der Waals surface area contributed by atoms with E-state index < -0.39 is 56.6 Å². The van der Waals surface area contributed by atoms with Crippen LogP contribution in [0.4, 0.5) is 10.2 Å². The zero-order chi connectivity index (χ0) is 30.7. The van der Waals surface area contributed by atoms with Crippen molar-refractivity contribution in [1.29, 1.82) is 0 Å². The number of carbonyl (C=O) groups is 2. The predicted octanol–water partition coefficient (Wildman–Crippen LogP) is 3.29. The van der Waals surface area contributed by atoms with Crippen molar-refractivity contribution in [3.63, 3.8) is 0 Å². The van der Waals surface area contributed by atoms with Crippen LogP contribution < -0.4 is 14.9 Å². The summed E-state index contributed by atoms with van der Waals surface area (Å²) in [7, 11) is -4.30. The smallest absolute Gasteiger partial charge is 0.459 e. The van der Waals surface area contributed by atoms with Gasteiger partial charge in [0.05, 0.1) is 19.0 Å². The third kappa shape index (κ3) is 6.93. The van der Waals surface area contributed by atoms with Crippen LogP contribution >= 0.6 is 7.75 Å². The van der Waals surface area contributed by atoms with Crippen LogP contribution in [0.5, 0.6) is 5.75 Å². The Bertz CT molecular complexity index is 1460. The third-order valence-corrected chi connectivity index (χ3v) is 7.99. The van der Waals surface area contributed by atoms with E-state index in [0.29, 0.717) is 0 Å². The van der Waals surface area contributed by atoms with E-state index in [2.05, 4.69) is 25.4 Å². The number of esters is 1. The predicted molar refractivity (Wildman–Crippen MR) is 148 cm³/mol. The molecule has 0 bridgehead atoms. The maximum atomic E-state index is 16.0. The van der Waals surface area contributed by atoms with Gasteiger partial charge in [-0.2, -0.15) is 5.09 Å². The van der Waals surface area contributed by atoms with Gasteiger partial charge in [-0.15, -0.1) is 0 Å². The Morgan fingerprint density at radius 2 is 1.93 bits per heavy atom. The number of alkyl halides is 1. The standard InChI is InChI=1S/C26H34FN6O8P/c1-6-19(34)31-22-20-23(29-13-28-22)33(14-30-20)25-26(5,27)21(35)18(40-25)12-38-42(37,41-17-10-8-7-9-11-17)32-16(4)24(36)39-15(2)3/h7-11,13-16,18,21,25,35H,6,12H2,1-5H3,(H,32,37)(H,28,29,31,34)/t16-,18+,21+,25+,26+,42+/m0/s1. The minimum absolute atomic E-state index is 0.139. The molecule has 3 heterocycles. The number of amides is 1. The van der Waals surface area contributed by atoms with E-state index >= 15 is 4.39 Å². The number of benzene rings is 1. The number of hydrogen-bond acceptors (Lipinski definition) is 11. The molecule has 2 aromatic heterocycles. The highest BCUT2D eigenvalue weighted by Gasteiger charge is 2.56. The van der Waals surface area contributed by atoms with E-state index in [1.54, 1.807) is 39.0 Å². The summed E-state index contributed by atoms with van der Waals surface area (Å²) >= 11 is 0. The van der Waals surface area contributed by atoms with Gasteiger partial charge in [0.1, 0.15) is 30.3 Å². The molecule has 14 nitrogen and oxygen atoms in total. The highest BCUT2D eigenvalue weighted by molar-refractivity contribution is 7.52. The lowest BCUT2D eigenvalue weighted by Crippen LogP contribution is -2.41. The van der Waals surface area contributed by atoms with E-state index in [9.17, 15) is 19.3 Å². The van der Waals surface area contributed by atoms with Crippen molar-refractivity contribution in [2.24, 2.45) is 0 Å². The van der Waals surface area contributed by atoms with Gasteiger partial charge in [0, 0.05) is 6.42 Å². The summed E-state index contributed by atoms with van der Waals surface area (Å²) in [6.07, 6.45) is -2.27. The summed E-state index contributed by atoms with van der Waals surface area (Å²) < 4.78 is 53.3. The summed E-state index contributed by atoms with van der Waals surface area (Å²) in [6, 6.07) is 7.00. The molecule has 1 fully saturated rings. The van der Waals surface area contributed by atoms with Crippen LogP contribution in [0.2, 0.25) is 0 Å². The molecule has 1 aliphatic rings. The number of anilines is 1. The number of fused-ring (bicyclic) bond motifs is 1. The van der Waals surface area contributed by atoms with E-state index in [4.69, 9.17) is 18.5 Å². The Morgan fingerprint density at radius 3 is 2.60 bits per heavy atom. The first-order valence-corrected chi connectivity index (χ1v) is 14.9. The van der Waals surface area contributed by atoms with Gasteiger partial charge < -0.3 is 24.4 Å². The lowest BCUT2D eigenvalue weighted by molar-refractivity contribution is -0.149. The third-order valence-electron chi connectivity index (χ3n) is 6.34. The number of nitrogens with zero attached hydrogens (tertiary/aromatic N) is 4. The van der Waals surface area contributed by atoms with Crippen LogP contribution in [0.25, 0.3) is 11.2 Å². The van der Waals surface area contributed by atoms with E-state index in [-0.39, 0.29) is 35.1 Å². The number of imidazole rings is 1. The van der Waals surface area contributed by atoms with Crippen LogP contribution in [-0.2, 0) is 28.2 Å². The maximum absolute atomic E-state index is 16.0. The Balaban J connectivity index is 1.55. The van der Waals surface area contributed by atoms with Gasteiger partial charge in [0.2, 0.25) is 5.91 Å². The molecule has 0 spiro atoms. The summed E-state index contributed by atoms with van der Waals surface area (Å²) in [5.41, 5.74) is -2.04. The van der Waals surface area contributed by atoms with Crippen molar-refractivity contribution in [2.75, 3.05) is 11.9 Å². The lowest BCUT2D eigenvalue weighted by Gasteiger charge is -2.25. The summed E-state index contributed by atoms with van der Waals surface area (Å²) in [6.45, 7) is 6.99. The number of rotatable bonds is 12. The molecule has 1 aromatic carbocycles. The number of aromatic nitrogens is 4. The molecular weight excluding hydrogens is 574 g/mol. The fraction of sp³-hybridized carbons (Fsp3) is 0.500. The second kappa shape index (κ2) is 12.8. The van der Waals surface area contributed by atoms with Crippen LogP contribution in [0.1, 0.15) is 47.3 Å². The van der Waals surface area contributed by atoms with E-state index in [1.165, 1.54) is 36.3 Å². The number of aliphatic hydroxyl groups is 1. The Kier molecular flexibility index (Phi) is 9.58. The highest BCUT2D eigenvalue weighted by Crippen LogP contribution is 2.48. The Morgan fingerprint density at radius 1 is 1.21 bits per heavy atom. The molecule has 3 aromatic rings. The lowest BCUT2D eigenvalue weighted by atomic mass is 9.98. The van der Waals surface area contributed by atoms with Crippen LogP contribution in [0.15, 0.2) is 43.0 Å². The zero-order valence-corrected chi connectivity index (χ0v) is 24.7. The summed E-state index contributed by atoms with van der Waals surface area (Å²) in [5.74, 6) is -0.677. The fourth-order valence-corrected chi connectivity index (χ4v) is 5.69. The number of hydrogen-bond donors (Lipinski definition) is 3. The minimum Gasteiger partial charge on any atom is -0.462 e. The Hall–Kier alpha value is -3.49. The first-order chi connectivity index (χ1) is 19.8. The molecule has 4 rings (SSSR count). The maximum Gasteiger partial charge on any atom is 0.459 e. The van der Waals surface area contributed by atoms with Gasteiger partial charge in [-0.3, -0.25) is 18.7 Å². The van der Waals surface area contributed by atoms with Gasteiger partial charge in [-0.25, -0.2) is 23.9 Å². The van der Waals surface area contributed by atoms with Crippen molar-refractivity contribution in [2.45, 2.75) is 77.3 Å². The first kappa shape index (κ1) is 31.4. The van der Waals surface area contributed by atoms with E-state index in [1.807, 2.05) is 0 Å². The minimum atomic E-state index is -4.30. The molecule has 0 unspecified atom stereocenters. The molecule has 0 saturated carbocycles. The van der Waals surface area contributed by atoms with Crippen molar-refractivity contribution < 1.29 is 42.2 Å². The van der Waals surface area contributed by atoms with Gasteiger partial charge in [0.15, 0.2) is 28.9 Å². The molecular formula is C26H34FN6O8P.